The Morgan fingerprint density at radius 1 is 1.42 bits per heavy atom. The number of rotatable bonds is 5. The number of nitrogens with one attached hydrogen (secondary N) is 2. The predicted octanol–water partition coefficient (Wildman–Crippen LogP) is 1.45. The van der Waals surface area contributed by atoms with Crippen LogP contribution >= 0.6 is 0 Å². The highest BCUT2D eigenvalue weighted by molar-refractivity contribution is 5.90. The lowest BCUT2D eigenvalue weighted by Gasteiger charge is -2.22. The molecule has 4 N–H and O–H groups in total. The monoisotopic (exact) mass is 269 g/mol. The first kappa shape index (κ1) is 15.4. The molecule has 1 atom stereocenters. The smallest absolute Gasteiger partial charge is 0.235 e. The van der Waals surface area contributed by atoms with E-state index in [-0.39, 0.29) is 29.2 Å². The predicted molar refractivity (Wildman–Crippen MR) is 73.4 cm³/mol. The van der Waals surface area contributed by atoms with Gasteiger partial charge in [-0.15, -0.1) is 0 Å². The van der Waals surface area contributed by atoms with Gasteiger partial charge in [-0.1, -0.05) is 6.58 Å². The summed E-state index contributed by atoms with van der Waals surface area (Å²) in [5.41, 5.74) is 6.43. The van der Waals surface area contributed by atoms with Gasteiger partial charge in [-0.3, -0.25) is 5.41 Å². The van der Waals surface area contributed by atoms with E-state index in [1.165, 1.54) is 14.2 Å². The third kappa shape index (κ3) is 3.89. The SMILES string of the molecule is C=C(N/C(C(=N)OC)=C(/N)OC)[C@@H]1CCC(C)(C)O1. The summed E-state index contributed by atoms with van der Waals surface area (Å²) in [5.74, 6) is -0.0389. The van der Waals surface area contributed by atoms with Crippen molar-refractivity contribution in [3.8, 4) is 0 Å². The third-order valence-electron chi connectivity index (χ3n) is 3.04. The zero-order valence-electron chi connectivity index (χ0n) is 12.0. The van der Waals surface area contributed by atoms with Gasteiger partial charge >= 0.3 is 0 Å². The van der Waals surface area contributed by atoms with Crippen LogP contribution in [0.15, 0.2) is 23.9 Å². The Morgan fingerprint density at radius 2 is 2.05 bits per heavy atom. The summed E-state index contributed by atoms with van der Waals surface area (Å²) in [4.78, 5) is 0. The van der Waals surface area contributed by atoms with Gasteiger partial charge in [0.05, 0.1) is 25.9 Å². The van der Waals surface area contributed by atoms with Crippen molar-refractivity contribution in [1.29, 1.82) is 5.41 Å². The lowest BCUT2D eigenvalue weighted by atomic mass is 10.0. The van der Waals surface area contributed by atoms with Gasteiger partial charge in [0.25, 0.3) is 0 Å². The van der Waals surface area contributed by atoms with Gasteiger partial charge in [-0.2, -0.15) is 0 Å². The molecule has 0 aliphatic carbocycles. The summed E-state index contributed by atoms with van der Waals surface area (Å²) < 4.78 is 15.7. The molecule has 1 aliphatic rings. The maximum atomic E-state index is 7.69. The van der Waals surface area contributed by atoms with Crippen LogP contribution in [0.5, 0.6) is 0 Å². The van der Waals surface area contributed by atoms with Crippen molar-refractivity contribution in [3.05, 3.63) is 23.9 Å². The Kier molecular flexibility index (Phi) is 4.83. The van der Waals surface area contributed by atoms with Crippen molar-refractivity contribution in [1.82, 2.24) is 5.32 Å². The number of nitrogens with two attached hydrogens (primary N) is 1. The Balaban J connectivity index is 2.76. The average molecular weight is 269 g/mol. The fourth-order valence-electron chi connectivity index (χ4n) is 1.90. The van der Waals surface area contributed by atoms with Gasteiger partial charge < -0.3 is 25.3 Å². The average Bonchev–Trinajstić information content (AvgIpc) is 2.74. The van der Waals surface area contributed by atoms with Crippen molar-refractivity contribution >= 4 is 5.90 Å². The van der Waals surface area contributed by atoms with E-state index in [1.807, 2.05) is 13.8 Å². The van der Waals surface area contributed by atoms with Crippen molar-refractivity contribution < 1.29 is 14.2 Å². The minimum Gasteiger partial charge on any atom is -0.481 e. The van der Waals surface area contributed by atoms with Crippen LogP contribution in [0.25, 0.3) is 0 Å². The van der Waals surface area contributed by atoms with Gasteiger partial charge in [-0.05, 0) is 26.7 Å². The molecule has 108 valence electrons. The molecule has 1 aliphatic heterocycles. The third-order valence-corrected chi connectivity index (χ3v) is 3.04. The summed E-state index contributed by atoms with van der Waals surface area (Å²) in [7, 11) is 2.82. The Hall–Kier alpha value is -1.69. The molecule has 0 saturated carbocycles. The topological polar surface area (TPSA) is 89.6 Å². The summed E-state index contributed by atoms with van der Waals surface area (Å²) in [6.45, 7) is 8.02. The van der Waals surface area contributed by atoms with Crippen LogP contribution in [-0.2, 0) is 14.2 Å². The molecule has 0 radical (unpaired) electrons. The van der Waals surface area contributed by atoms with Crippen LogP contribution in [0.2, 0.25) is 0 Å². The van der Waals surface area contributed by atoms with Crippen LogP contribution in [0.4, 0.5) is 0 Å². The molecule has 6 nitrogen and oxygen atoms in total. The normalized spacial score (nSPS) is 22.4. The Labute approximate surface area is 114 Å². The number of hydrogen-bond acceptors (Lipinski definition) is 6. The molecule has 1 saturated heterocycles. The van der Waals surface area contributed by atoms with E-state index >= 15 is 0 Å². The van der Waals surface area contributed by atoms with Crippen LogP contribution in [0.1, 0.15) is 26.7 Å². The van der Waals surface area contributed by atoms with E-state index < -0.39 is 0 Å². The van der Waals surface area contributed by atoms with Gasteiger partial charge in [0.15, 0.2) is 5.70 Å². The second-order valence-electron chi connectivity index (χ2n) is 5.03. The fourth-order valence-corrected chi connectivity index (χ4v) is 1.90. The second kappa shape index (κ2) is 5.97. The van der Waals surface area contributed by atoms with Gasteiger partial charge in [0.1, 0.15) is 0 Å². The van der Waals surface area contributed by atoms with E-state index in [1.54, 1.807) is 0 Å². The summed E-state index contributed by atoms with van der Waals surface area (Å²) in [6, 6.07) is 0. The quantitative estimate of drug-likeness (QED) is 0.399. The van der Waals surface area contributed by atoms with Crippen LogP contribution in [0, 0.1) is 5.41 Å². The van der Waals surface area contributed by atoms with E-state index in [4.69, 9.17) is 25.4 Å². The minimum absolute atomic E-state index is 0.0743. The molecule has 6 heteroatoms. The molecule has 1 fully saturated rings. The Morgan fingerprint density at radius 3 is 2.47 bits per heavy atom. The minimum atomic E-state index is -0.152. The number of hydrogen-bond donors (Lipinski definition) is 3. The molecule has 0 aromatic rings. The van der Waals surface area contributed by atoms with Crippen molar-refractivity contribution in [2.75, 3.05) is 14.2 Å². The summed E-state index contributed by atoms with van der Waals surface area (Å²) >= 11 is 0. The molecule has 0 amide bonds. The van der Waals surface area contributed by atoms with E-state index in [0.717, 1.165) is 12.8 Å². The highest BCUT2D eigenvalue weighted by Crippen LogP contribution is 2.32. The highest BCUT2D eigenvalue weighted by atomic mass is 16.5. The van der Waals surface area contributed by atoms with Crippen LogP contribution in [0.3, 0.4) is 0 Å². The van der Waals surface area contributed by atoms with Crippen molar-refractivity contribution in [3.63, 3.8) is 0 Å². The second-order valence-corrected chi connectivity index (χ2v) is 5.03. The molecule has 0 unspecified atom stereocenters. The summed E-state index contributed by atoms with van der Waals surface area (Å²) in [6.07, 6.45) is 1.72. The van der Waals surface area contributed by atoms with Crippen molar-refractivity contribution in [2.24, 2.45) is 5.73 Å². The summed E-state index contributed by atoms with van der Waals surface area (Å²) in [5, 5.41) is 10.6. The lowest BCUT2D eigenvalue weighted by Crippen LogP contribution is -2.31. The first-order valence-corrected chi connectivity index (χ1v) is 6.11. The van der Waals surface area contributed by atoms with Gasteiger partial charge in [0, 0.05) is 5.70 Å². The molecule has 1 heterocycles. The number of methoxy groups -OCH3 is 2. The largest absolute Gasteiger partial charge is 0.481 e. The molecule has 1 rings (SSSR count). The maximum absolute atomic E-state index is 7.69. The molecule has 0 bridgehead atoms. The first-order valence-electron chi connectivity index (χ1n) is 6.11. The highest BCUT2D eigenvalue weighted by Gasteiger charge is 2.33. The first-order chi connectivity index (χ1) is 8.80. The van der Waals surface area contributed by atoms with Crippen LogP contribution in [-0.4, -0.2) is 31.8 Å². The molecule has 19 heavy (non-hydrogen) atoms. The standard InChI is InChI=1S/C13H23N3O3/c1-8(9-6-7-13(2,3)19-9)16-10(11(14)17-4)12(15)18-5/h9,14,16H,1,6-7,15H2,2-5H3/b12-10-,14-11?/t9-/m0/s1. The van der Waals surface area contributed by atoms with Crippen LogP contribution < -0.4 is 11.1 Å². The zero-order chi connectivity index (χ0) is 14.6. The molecule has 0 aromatic carbocycles. The lowest BCUT2D eigenvalue weighted by molar-refractivity contribution is -0.00129. The molecule has 0 aromatic heterocycles. The zero-order valence-corrected chi connectivity index (χ0v) is 12.0. The van der Waals surface area contributed by atoms with E-state index in [9.17, 15) is 0 Å². The maximum Gasteiger partial charge on any atom is 0.235 e. The Bertz CT molecular complexity index is 402. The van der Waals surface area contributed by atoms with Gasteiger partial charge in [-0.25, -0.2) is 0 Å². The van der Waals surface area contributed by atoms with E-state index in [2.05, 4.69) is 11.9 Å². The fraction of sp³-hybridized carbons (Fsp3) is 0.615. The molecular formula is C13H23N3O3. The van der Waals surface area contributed by atoms with Gasteiger partial charge in [0.2, 0.25) is 11.8 Å². The molecule has 0 spiro atoms. The van der Waals surface area contributed by atoms with Crippen molar-refractivity contribution in [2.45, 2.75) is 38.4 Å². The van der Waals surface area contributed by atoms with E-state index in [0.29, 0.717) is 5.70 Å². The number of ether oxygens (including phenoxy) is 3. The molecular weight excluding hydrogens is 246 g/mol.